The van der Waals surface area contributed by atoms with Gasteiger partial charge in [0.2, 0.25) is 11.8 Å². The summed E-state index contributed by atoms with van der Waals surface area (Å²) in [4.78, 5) is 4.26. The molecule has 0 aromatic carbocycles. The van der Waals surface area contributed by atoms with Crippen molar-refractivity contribution < 1.29 is 9.47 Å². The molecule has 0 aliphatic rings. The Morgan fingerprint density at radius 3 is 2.56 bits per heavy atom. The fourth-order valence-corrected chi connectivity index (χ4v) is 1.53. The fraction of sp³-hybridized carbons (Fsp3) is 0.643. The molecule has 4 nitrogen and oxygen atoms in total. The van der Waals surface area contributed by atoms with Gasteiger partial charge in [-0.2, -0.15) is 4.98 Å². The van der Waals surface area contributed by atoms with Crippen molar-refractivity contribution in [2.45, 2.75) is 46.0 Å². The molecule has 0 aliphatic heterocycles. The third kappa shape index (κ3) is 5.25. The zero-order valence-corrected chi connectivity index (χ0v) is 11.4. The smallest absolute Gasteiger partial charge is 0.240 e. The van der Waals surface area contributed by atoms with Crippen molar-refractivity contribution in [3.8, 4) is 11.8 Å². The van der Waals surface area contributed by atoms with Gasteiger partial charge in [-0.15, -0.1) is 0 Å². The molecule has 0 atom stereocenters. The molecule has 0 bridgehead atoms. The molecule has 1 aromatic heterocycles. The lowest BCUT2D eigenvalue weighted by Crippen LogP contribution is -2.04. The van der Waals surface area contributed by atoms with Crippen molar-refractivity contribution >= 4 is 5.69 Å². The van der Waals surface area contributed by atoms with Gasteiger partial charge >= 0.3 is 0 Å². The molecule has 2 N–H and O–H groups in total. The van der Waals surface area contributed by atoms with Gasteiger partial charge in [0.1, 0.15) is 0 Å². The van der Waals surface area contributed by atoms with Gasteiger partial charge in [0.25, 0.3) is 0 Å². The van der Waals surface area contributed by atoms with Crippen molar-refractivity contribution in [3.63, 3.8) is 0 Å². The predicted octanol–water partition coefficient (Wildman–Crippen LogP) is 3.41. The highest BCUT2D eigenvalue weighted by atomic mass is 16.5. The van der Waals surface area contributed by atoms with Crippen molar-refractivity contribution in [3.05, 3.63) is 12.1 Å². The molecule has 0 spiro atoms. The summed E-state index contributed by atoms with van der Waals surface area (Å²) in [5.74, 6) is 1.06. The van der Waals surface area contributed by atoms with E-state index in [1.165, 1.54) is 19.3 Å². The average Bonchev–Trinajstić information content (AvgIpc) is 2.39. The standard InChI is InChI=1S/C14H24N2O2/c1-3-5-6-7-11-17-13-9-8-12(15)14(16-13)18-10-4-2/h8-9H,3-7,10-11,15H2,1-2H3. The van der Waals surface area contributed by atoms with E-state index in [9.17, 15) is 0 Å². The largest absolute Gasteiger partial charge is 0.478 e. The van der Waals surface area contributed by atoms with E-state index >= 15 is 0 Å². The van der Waals surface area contributed by atoms with Crippen LogP contribution in [0.3, 0.4) is 0 Å². The molecule has 0 fully saturated rings. The van der Waals surface area contributed by atoms with Gasteiger partial charge in [0.15, 0.2) is 0 Å². The van der Waals surface area contributed by atoms with Crippen LogP contribution in [0, 0.1) is 0 Å². The van der Waals surface area contributed by atoms with Crippen LogP contribution >= 0.6 is 0 Å². The van der Waals surface area contributed by atoms with E-state index in [1.807, 2.05) is 6.92 Å². The van der Waals surface area contributed by atoms with Crippen LogP contribution < -0.4 is 15.2 Å². The highest BCUT2D eigenvalue weighted by molar-refractivity contribution is 5.49. The Morgan fingerprint density at radius 2 is 1.83 bits per heavy atom. The van der Waals surface area contributed by atoms with Gasteiger partial charge in [0, 0.05) is 6.07 Å². The SMILES string of the molecule is CCCCCCOc1ccc(N)c(OCCC)n1. The van der Waals surface area contributed by atoms with Crippen LogP contribution in [0.4, 0.5) is 5.69 Å². The maximum atomic E-state index is 5.78. The molecule has 0 radical (unpaired) electrons. The second-order valence-corrected chi connectivity index (χ2v) is 4.30. The minimum atomic E-state index is 0.475. The Balaban J connectivity index is 2.40. The third-order valence-corrected chi connectivity index (χ3v) is 2.55. The molecule has 1 rings (SSSR count). The normalized spacial score (nSPS) is 10.3. The van der Waals surface area contributed by atoms with Gasteiger partial charge < -0.3 is 15.2 Å². The molecule has 0 amide bonds. The molecule has 0 unspecified atom stereocenters. The number of nitrogen functional groups attached to an aromatic ring is 1. The quantitative estimate of drug-likeness (QED) is 0.684. The third-order valence-electron chi connectivity index (χ3n) is 2.55. The maximum Gasteiger partial charge on any atom is 0.240 e. The molecule has 0 saturated heterocycles. The second kappa shape index (κ2) is 8.61. The first-order valence-electron chi connectivity index (χ1n) is 6.80. The van der Waals surface area contributed by atoms with Crippen molar-refractivity contribution in [1.82, 2.24) is 4.98 Å². The number of pyridine rings is 1. The Hall–Kier alpha value is -1.45. The molecular formula is C14H24N2O2. The molecule has 0 aliphatic carbocycles. The van der Waals surface area contributed by atoms with Crippen LogP contribution in [0.5, 0.6) is 11.8 Å². The van der Waals surface area contributed by atoms with Crippen LogP contribution in [0.15, 0.2) is 12.1 Å². The second-order valence-electron chi connectivity index (χ2n) is 4.30. The summed E-state index contributed by atoms with van der Waals surface area (Å²) in [6, 6.07) is 3.56. The number of anilines is 1. The molecule has 4 heteroatoms. The molecular weight excluding hydrogens is 228 g/mol. The summed E-state index contributed by atoms with van der Waals surface area (Å²) in [5, 5.41) is 0. The Morgan fingerprint density at radius 1 is 1.00 bits per heavy atom. The molecule has 18 heavy (non-hydrogen) atoms. The van der Waals surface area contributed by atoms with Crippen LogP contribution in [-0.4, -0.2) is 18.2 Å². The zero-order valence-electron chi connectivity index (χ0n) is 11.4. The highest BCUT2D eigenvalue weighted by Gasteiger charge is 2.04. The van der Waals surface area contributed by atoms with Gasteiger partial charge in [-0.05, 0) is 18.9 Å². The molecule has 102 valence electrons. The van der Waals surface area contributed by atoms with Crippen LogP contribution in [-0.2, 0) is 0 Å². The minimum Gasteiger partial charge on any atom is -0.478 e. The van der Waals surface area contributed by atoms with E-state index in [-0.39, 0.29) is 0 Å². The van der Waals surface area contributed by atoms with Crippen molar-refractivity contribution in [2.24, 2.45) is 0 Å². The number of rotatable bonds is 9. The van der Waals surface area contributed by atoms with Crippen LogP contribution in [0.25, 0.3) is 0 Å². The van der Waals surface area contributed by atoms with Gasteiger partial charge in [-0.3, -0.25) is 0 Å². The summed E-state index contributed by atoms with van der Waals surface area (Å²) < 4.78 is 11.0. The number of hydrogen-bond donors (Lipinski definition) is 1. The first-order valence-corrected chi connectivity index (χ1v) is 6.80. The van der Waals surface area contributed by atoms with Crippen molar-refractivity contribution in [2.75, 3.05) is 18.9 Å². The van der Waals surface area contributed by atoms with Gasteiger partial charge in [-0.1, -0.05) is 33.1 Å². The summed E-state index contributed by atoms with van der Waals surface area (Å²) in [5.41, 5.74) is 6.34. The van der Waals surface area contributed by atoms with E-state index < -0.39 is 0 Å². The highest BCUT2D eigenvalue weighted by Crippen LogP contribution is 2.22. The fourth-order valence-electron chi connectivity index (χ4n) is 1.53. The Labute approximate surface area is 110 Å². The number of hydrogen-bond acceptors (Lipinski definition) is 4. The number of nitrogens with zero attached hydrogens (tertiary/aromatic N) is 1. The van der Waals surface area contributed by atoms with E-state index in [0.717, 1.165) is 12.8 Å². The van der Waals surface area contributed by atoms with E-state index in [4.69, 9.17) is 15.2 Å². The first kappa shape index (κ1) is 14.6. The van der Waals surface area contributed by atoms with Crippen LogP contribution in [0.1, 0.15) is 46.0 Å². The zero-order chi connectivity index (χ0) is 13.2. The lowest BCUT2D eigenvalue weighted by molar-refractivity contribution is 0.275. The first-order chi connectivity index (χ1) is 8.77. The number of unbranched alkanes of at least 4 members (excludes halogenated alkanes) is 3. The molecule has 1 heterocycles. The predicted molar refractivity (Wildman–Crippen MR) is 74.1 cm³/mol. The molecule has 0 saturated carbocycles. The number of nitrogens with two attached hydrogens (primary N) is 1. The summed E-state index contributed by atoms with van der Waals surface area (Å²) in [7, 11) is 0. The van der Waals surface area contributed by atoms with E-state index in [1.54, 1.807) is 12.1 Å². The summed E-state index contributed by atoms with van der Waals surface area (Å²) in [6.45, 7) is 5.56. The topological polar surface area (TPSA) is 57.4 Å². The van der Waals surface area contributed by atoms with Crippen LogP contribution in [0.2, 0.25) is 0 Å². The number of ether oxygens (including phenoxy) is 2. The monoisotopic (exact) mass is 252 g/mol. The summed E-state index contributed by atoms with van der Waals surface area (Å²) in [6.07, 6.45) is 5.68. The molecule has 1 aromatic rings. The maximum absolute atomic E-state index is 5.78. The number of aromatic nitrogens is 1. The lowest BCUT2D eigenvalue weighted by atomic mass is 10.2. The lowest BCUT2D eigenvalue weighted by Gasteiger charge is -2.09. The van der Waals surface area contributed by atoms with Gasteiger partial charge in [0.05, 0.1) is 18.9 Å². The van der Waals surface area contributed by atoms with E-state index in [0.29, 0.717) is 30.7 Å². The van der Waals surface area contributed by atoms with E-state index in [2.05, 4.69) is 11.9 Å². The average molecular weight is 252 g/mol. The van der Waals surface area contributed by atoms with Gasteiger partial charge in [-0.25, -0.2) is 0 Å². The van der Waals surface area contributed by atoms with Crippen molar-refractivity contribution in [1.29, 1.82) is 0 Å². The Bertz CT molecular complexity index is 343. The Kier molecular flexibility index (Phi) is 6.99. The summed E-state index contributed by atoms with van der Waals surface area (Å²) >= 11 is 0. The minimum absolute atomic E-state index is 0.475.